The zero-order valence-electron chi connectivity index (χ0n) is 10.5. The van der Waals surface area contributed by atoms with Gasteiger partial charge >= 0.3 is 0 Å². The molecule has 0 unspecified atom stereocenters. The van der Waals surface area contributed by atoms with Crippen LogP contribution in [0.25, 0.3) is 0 Å². The van der Waals surface area contributed by atoms with Crippen LogP contribution in [0.3, 0.4) is 0 Å². The summed E-state index contributed by atoms with van der Waals surface area (Å²) < 4.78 is 37.2. The van der Waals surface area contributed by atoms with E-state index in [9.17, 15) is 17.6 Å². The molecule has 0 aromatic heterocycles. The third-order valence-electron chi connectivity index (χ3n) is 2.54. The quantitative estimate of drug-likeness (QED) is 0.844. The molecule has 0 saturated heterocycles. The summed E-state index contributed by atoms with van der Waals surface area (Å²) in [5, 5.41) is 0.167. The lowest BCUT2D eigenvalue weighted by Gasteiger charge is -2.09. The van der Waals surface area contributed by atoms with Gasteiger partial charge in [-0.1, -0.05) is 35.9 Å². The molecule has 0 radical (unpaired) electrons. The Labute approximate surface area is 125 Å². The number of halogens is 2. The van der Waals surface area contributed by atoms with Crippen LogP contribution < -0.4 is 10.3 Å². The van der Waals surface area contributed by atoms with Crippen molar-refractivity contribution < 1.29 is 17.6 Å². The number of carbonyl (C=O) groups excluding carboxylic acids is 1. The summed E-state index contributed by atoms with van der Waals surface area (Å²) in [5.74, 6) is -1.67. The number of sulfonamides is 1. The van der Waals surface area contributed by atoms with Crippen molar-refractivity contribution >= 4 is 27.5 Å². The van der Waals surface area contributed by atoms with Gasteiger partial charge in [-0.05, 0) is 24.3 Å². The van der Waals surface area contributed by atoms with Crippen LogP contribution in [0.4, 0.5) is 4.39 Å². The lowest BCUT2D eigenvalue weighted by molar-refractivity contribution is 0.0945. The van der Waals surface area contributed by atoms with Crippen molar-refractivity contribution in [2.75, 3.05) is 0 Å². The second kappa shape index (κ2) is 6.21. The first-order valence-electron chi connectivity index (χ1n) is 5.73. The van der Waals surface area contributed by atoms with Gasteiger partial charge in [-0.2, -0.15) is 0 Å². The van der Waals surface area contributed by atoms with Gasteiger partial charge in [0.25, 0.3) is 15.9 Å². The molecule has 0 fully saturated rings. The van der Waals surface area contributed by atoms with Crippen LogP contribution in [0.1, 0.15) is 10.4 Å². The number of hydrazine groups is 1. The van der Waals surface area contributed by atoms with Crippen LogP contribution in [-0.2, 0) is 10.0 Å². The van der Waals surface area contributed by atoms with E-state index in [-0.39, 0.29) is 10.6 Å². The van der Waals surface area contributed by atoms with Crippen molar-refractivity contribution in [3.63, 3.8) is 0 Å². The van der Waals surface area contributed by atoms with Gasteiger partial charge in [0.05, 0.1) is 10.6 Å². The number of amides is 1. The second-order valence-corrected chi connectivity index (χ2v) is 6.03. The molecule has 0 heterocycles. The Bertz CT molecular complexity index is 780. The van der Waals surface area contributed by atoms with Crippen LogP contribution >= 0.6 is 11.6 Å². The maximum atomic E-state index is 13.4. The predicted molar refractivity (Wildman–Crippen MR) is 75.6 cm³/mol. The highest BCUT2D eigenvalue weighted by atomic mass is 35.5. The van der Waals surface area contributed by atoms with Gasteiger partial charge in [0.1, 0.15) is 10.7 Å². The molecule has 0 atom stereocenters. The van der Waals surface area contributed by atoms with E-state index < -0.39 is 26.6 Å². The monoisotopic (exact) mass is 328 g/mol. The second-order valence-electron chi connectivity index (χ2n) is 3.97. The van der Waals surface area contributed by atoms with Gasteiger partial charge in [-0.25, -0.2) is 12.8 Å². The van der Waals surface area contributed by atoms with E-state index in [0.717, 1.165) is 12.1 Å². The van der Waals surface area contributed by atoms with E-state index in [2.05, 4.69) is 0 Å². The minimum Gasteiger partial charge on any atom is -0.273 e. The minimum atomic E-state index is -4.21. The fraction of sp³-hybridized carbons (Fsp3) is 0. The van der Waals surface area contributed by atoms with E-state index >= 15 is 0 Å². The van der Waals surface area contributed by atoms with Gasteiger partial charge in [-0.15, -0.1) is 4.83 Å². The van der Waals surface area contributed by atoms with E-state index in [0.29, 0.717) is 0 Å². The summed E-state index contributed by atoms with van der Waals surface area (Å²) in [6.45, 7) is 0. The van der Waals surface area contributed by atoms with Gasteiger partial charge in [0.2, 0.25) is 0 Å². The number of rotatable bonds is 4. The normalized spacial score (nSPS) is 11.1. The topological polar surface area (TPSA) is 75.3 Å². The number of benzene rings is 2. The van der Waals surface area contributed by atoms with Crippen LogP contribution in [0.15, 0.2) is 53.4 Å². The van der Waals surface area contributed by atoms with Crippen molar-refractivity contribution in [2.24, 2.45) is 0 Å². The Hall–Kier alpha value is -1.96. The Kier molecular flexibility index (Phi) is 4.56. The molecule has 0 bridgehead atoms. The number of hydrogen-bond donors (Lipinski definition) is 2. The molecule has 2 N–H and O–H groups in total. The average molecular weight is 329 g/mol. The molecule has 21 heavy (non-hydrogen) atoms. The molecule has 2 aromatic rings. The molecular formula is C13H10ClFN2O3S. The van der Waals surface area contributed by atoms with Crippen molar-refractivity contribution in [2.45, 2.75) is 4.90 Å². The molecule has 8 heteroatoms. The highest BCUT2D eigenvalue weighted by molar-refractivity contribution is 7.89. The molecule has 110 valence electrons. The van der Waals surface area contributed by atoms with Crippen LogP contribution in [0.5, 0.6) is 0 Å². The molecule has 1 amide bonds. The molecule has 0 aliphatic rings. The van der Waals surface area contributed by atoms with E-state index in [1.54, 1.807) is 12.1 Å². The minimum absolute atomic E-state index is 0.0930. The Morgan fingerprint density at radius 1 is 1.05 bits per heavy atom. The van der Waals surface area contributed by atoms with Crippen molar-refractivity contribution in [3.8, 4) is 0 Å². The van der Waals surface area contributed by atoms with Crippen LogP contribution in [0, 0.1) is 5.82 Å². The third-order valence-corrected chi connectivity index (χ3v) is 4.15. The molecule has 5 nitrogen and oxygen atoms in total. The van der Waals surface area contributed by atoms with Gasteiger partial charge in [0, 0.05) is 0 Å². The standard InChI is InChI=1S/C13H10ClFN2O3S/c14-10-6-2-1-5-9(10)13(18)16-17-21(19,20)12-8-4-3-7-11(12)15/h1-8,17H,(H,16,18). The zero-order valence-corrected chi connectivity index (χ0v) is 12.1. The van der Waals surface area contributed by atoms with Crippen LogP contribution in [0.2, 0.25) is 5.02 Å². The van der Waals surface area contributed by atoms with Crippen molar-refractivity contribution in [3.05, 3.63) is 64.9 Å². The first-order valence-corrected chi connectivity index (χ1v) is 7.59. The zero-order chi connectivity index (χ0) is 15.5. The molecule has 0 spiro atoms. The predicted octanol–water partition coefficient (Wildman–Crippen LogP) is 2.10. The Morgan fingerprint density at radius 3 is 2.33 bits per heavy atom. The maximum Gasteiger partial charge on any atom is 0.267 e. The largest absolute Gasteiger partial charge is 0.273 e. The molecular weight excluding hydrogens is 319 g/mol. The smallest absolute Gasteiger partial charge is 0.267 e. The first kappa shape index (κ1) is 15.4. The summed E-state index contributed by atoms with van der Waals surface area (Å²) in [6, 6.07) is 10.9. The summed E-state index contributed by atoms with van der Waals surface area (Å²) in [5.41, 5.74) is 2.07. The SMILES string of the molecule is O=C(NNS(=O)(=O)c1ccccc1F)c1ccccc1Cl. The summed E-state index contributed by atoms with van der Waals surface area (Å²) in [7, 11) is -4.21. The molecule has 0 saturated carbocycles. The highest BCUT2D eigenvalue weighted by Crippen LogP contribution is 2.15. The summed E-state index contributed by atoms with van der Waals surface area (Å²) >= 11 is 5.81. The van der Waals surface area contributed by atoms with Crippen molar-refractivity contribution in [1.29, 1.82) is 0 Å². The molecule has 2 rings (SSSR count). The average Bonchev–Trinajstić information content (AvgIpc) is 2.45. The number of carbonyl (C=O) groups is 1. The molecule has 2 aromatic carbocycles. The lowest BCUT2D eigenvalue weighted by atomic mass is 10.2. The van der Waals surface area contributed by atoms with Gasteiger partial charge in [0.15, 0.2) is 0 Å². The van der Waals surface area contributed by atoms with Crippen LogP contribution in [-0.4, -0.2) is 14.3 Å². The summed E-state index contributed by atoms with van der Waals surface area (Å²) in [6.07, 6.45) is 0. The van der Waals surface area contributed by atoms with E-state index in [1.165, 1.54) is 24.3 Å². The maximum absolute atomic E-state index is 13.4. The first-order chi connectivity index (χ1) is 9.92. The Morgan fingerprint density at radius 2 is 1.67 bits per heavy atom. The van der Waals surface area contributed by atoms with E-state index in [1.807, 2.05) is 10.3 Å². The third kappa shape index (κ3) is 3.57. The number of hydrogen-bond acceptors (Lipinski definition) is 3. The fourth-order valence-corrected chi connectivity index (χ4v) is 2.68. The summed E-state index contributed by atoms with van der Waals surface area (Å²) in [4.78, 5) is 13.1. The number of nitrogens with one attached hydrogen (secondary N) is 2. The highest BCUT2D eigenvalue weighted by Gasteiger charge is 2.20. The molecule has 0 aliphatic heterocycles. The van der Waals surface area contributed by atoms with Crippen molar-refractivity contribution in [1.82, 2.24) is 10.3 Å². The molecule has 0 aliphatic carbocycles. The lowest BCUT2D eigenvalue weighted by Crippen LogP contribution is -2.41. The van der Waals surface area contributed by atoms with Gasteiger partial charge in [-0.3, -0.25) is 10.2 Å². The van der Waals surface area contributed by atoms with E-state index in [4.69, 9.17) is 11.6 Å². The van der Waals surface area contributed by atoms with Gasteiger partial charge < -0.3 is 0 Å². The fourth-order valence-electron chi connectivity index (χ4n) is 1.54. The Balaban J connectivity index is 2.15.